The second-order valence-corrected chi connectivity index (χ2v) is 7.80. The molecule has 0 unspecified atom stereocenters. The first-order valence-corrected chi connectivity index (χ1v) is 10.5. The summed E-state index contributed by atoms with van der Waals surface area (Å²) in [4.78, 5) is 63.2. The molecule has 4 aromatic rings. The third-order valence-corrected chi connectivity index (χ3v) is 5.53. The number of esters is 1. The number of anilines is 1. The van der Waals surface area contributed by atoms with Crippen molar-refractivity contribution in [2.24, 2.45) is 14.1 Å². The van der Waals surface area contributed by atoms with E-state index in [0.717, 1.165) is 19.4 Å². The zero-order valence-electron chi connectivity index (χ0n) is 18.9. The molecule has 2 heterocycles. The van der Waals surface area contributed by atoms with Gasteiger partial charge in [-0.1, -0.05) is 48.5 Å². The van der Waals surface area contributed by atoms with E-state index in [1.807, 2.05) is 6.07 Å². The number of aromatic nitrogens is 4. The molecule has 0 bridgehead atoms. The summed E-state index contributed by atoms with van der Waals surface area (Å²) in [5.41, 5.74) is 4.19. The number of fused-ring (bicyclic) bond motifs is 1. The SMILES string of the molecule is Cn1nc(C(=O)OCC(=O)c2c(N)n(Cc3ccccc3)c(=O)n(C)c2=O)c2ccccc2c1=O. The van der Waals surface area contributed by atoms with Gasteiger partial charge in [0.05, 0.1) is 11.9 Å². The van der Waals surface area contributed by atoms with Gasteiger partial charge in [-0.15, -0.1) is 0 Å². The van der Waals surface area contributed by atoms with Crippen LogP contribution in [0.4, 0.5) is 5.82 Å². The maximum atomic E-state index is 12.9. The molecule has 0 saturated carbocycles. The van der Waals surface area contributed by atoms with Gasteiger partial charge in [-0.3, -0.25) is 23.5 Å². The average Bonchev–Trinajstić information content (AvgIpc) is 2.87. The van der Waals surface area contributed by atoms with Crippen molar-refractivity contribution in [1.29, 1.82) is 0 Å². The highest BCUT2D eigenvalue weighted by Crippen LogP contribution is 2.15. The highest BCUT2D eigenvalue weighted by Gasteiger charge is 2.24. The molecule has 0 fully saturated rings. The molecule has 0 aliphatic heterocycles. The molecule has 0 aliphatic carbocycles. The van der Waals surface area contributed by atoms with Crippen LogP contribution in [-0.2, 0) is 25.4 Å². The van der Waals surface area contributed by atoms with Gasteiger partial charge in [0.15, 0.2) is 12.3 Å². The smallest absolute Gasteiger partial charge is 0.359 e. The second-order valence-electron chi connectivity index (χ2n) is 7.80. The average molecular weight is 475 g/mol. The topological polar surface area (TPSA) is 148 Å². The number of nitrogens with two attached hydrogens (primary N) is 1. The van der Waals surface area contributed by atoms with Crippen LogP contribution in [0.25, 0.3) is 10.8 Å². The van der Waals surface area contributed by atoms with Crippen molar-refractivity contribution in [1.82, 2.24) is 18.9 Å². The van der Waals surface area contributed by atoms with E-state index in [1.165, 1.54) is 20.2 Å². The number of ether oxygens (including phenoxy) is 1. The van der Waals surface area contributed by atoms with Crippen molar-refractivity contribution >= 4 is 28.3 Å². The molecule has 0 amide bonds. The Labute approximate surface area is 197 Å². The zero-order valence-corrected chi connectivity index (χ0v) is 18.9. The number of hydrogen-bond acceptors (Lipinski definition) is 8. The summed E-state index contributed by atoms with van der Waals surface area (Å²) < 4.78 is 8.00. The Morgan fingerprint density at radius 2 is 1.54 bits per heavy atom. The Morgan fingerprint density at radius 3 is 2.23 bits per heavy atom. The standard InChI is InChI=1S/C24H21N5O6/c1-27-22(32)18(20(25)29(24(27)34)12-14-8-4-3-5-9-14)17(30)13-35-23(33)19-15-10-6-7-11-16(15)21(31)28(2)26-19/h3-11H,12-13,25H2,1-2H3. The third-order valence-electron chi connectivity index (χ3n) is 5.53. The van der Waals surface area contributed by atoms with E-state index in [0.29, 0.717) is 0 Å². The summed E-state index contributed by atoms with van der Waals surface area (Å²) in [5.74, 6) is -2.17. The number of nitrogens with zero attached hydrogens (tertiary/aromatic N) is 4. The minimum absolute atomic E-state index is 0.0354. The number of carbonyl (C=O) groups excluding carboxylic acids is 2. The van der Waals surface area contributed by atoms with Gasteiger partial charge >= 0.3 is 11.7 Å². The highest BCUT2D eigenvalue weighted by molar-refractivity contribution is 6.05. The van der Waals surface area contributed by atoms with Crippen molar-refractivity contribution in [3.05, 3.63) is 103 Å². The van der Waals surface area contributed by atoms with Crippen LogP contribution in [0.15, 0.2) is 69.0 Å². The number of nitrogen functional groups attached to an aromatic ring is 1. The quantitative estimate of drug-likeness (QED) is 0.312. The summed E-state index contributed by atoms with van der Waals surface area (Å²) in [7, 11) is 2.62. The summed E-state index contributed by atoms with van der Waals surface area (Å²) >= 11 is 0. The fourth-order valence-electron chi connectivity index (χ4n) is 3.69. The molecule has 2 aromatic heterocycles. The number of hydrogen-bond donors (Lipinski definition) is 1. The first-order chi connectivity index (χ1) is 16.7. The largest absolute Gasteiger partial charge is 0.452 e. The minimum atomic E-state index is -0.960. The Balaban J connectivity index is 1.65. The van der Waals surface area contributed by atoms with Crippen molar-refractivity contribution < 1.29 is 14.3 Å². The Kier molecular flexibility index (Phi) is 6.15. The third kappa shape index (κ3) is 4.26. The van der Waals surface area contributed by atoms with E-state index in [1.54, 1.807) is 42.5 Å². The second kappa shape index (κ2) is 9.21. The fourth-order valence-corrected chi connectivity index (χ4v) is 3.69. The summed E-state index contributed by atoms with van der Waals surface area (Å²) in [6, 6.07) is 15.3. The van der Waals surface area contributed by atoms with Crippen molar-refractivity contribution in [2.45, 2.75) is 6.54 Å². The summed E-state index contributed by atoms with van der Waals surface area (Å²) in [5, 5.41) is 4.48. The van der Waals surface area contributed by atoms with Gasteiger partial charge in [0.2, 0.25) is 5.78 Å². The molecular formula is C24H21N5O6. The van der Waals surface area contributed by atoms with E-state index in [-0.39, 0.29) is 28.8 Å². The normalized spacial score (nSPS) is 10.9. The van der Waals surface area contributed by atoms with Crippen molar-refractivity contribution in [3.63, 3.8) is 0 Å². The molecule has 0 radical (unpaired) electrons. The van der Waals surface area contributed by atoms with Gasteiger partial charge in [-0.2, -0.15) is 5.10 Å². The lowest BCUT2D eigenvalue weighted by Crippen LogP contribution is -2.43. The van der Waals surface area contributed by atoms with E-state index < -0.39 is 40.7 Å². The van der Waals surface area contributed by atoms with Crippen LogP contribution in [0.2, 0.25) is 0 Å². The van der Waals surface area contributed by atoms with Crippen LogP contribution in [-0.4, -0.2) is 37.3 Å². The first kappa shape index (κ1) is 23.4. The lowest BCUT2D eigenvalue weighted by atomic mass is 10.1. The van der Waals surface area contributed by atoms with Gasteiger partial charge in [0, 0.05) is 19.5 Å². The lowest BCUT2D eigenvalue weighted by Gasteiger charge is -2.15. The Morgan fingerprint density at radius 1 is 0.914 bits per heavy atom. The predicted molar refractivity (Wildman–Crippen MR) is 127 cm³/mol. The number of carbonyl (C=O) groups is 2. The summed E-state index contributed by atoms with van der Waals surface area (Å²) in [6.07, 6.45) is 0. The van der Waals surface area contributed by atoms with Crippen LogP contribution in [0.1, 0.15) is 26.4 Å². The van der Waals surface area contributed by atoms with Gasteiger partial charge in [0.1, 0.15) is 11.4 Å². The lowest BCUT2D eigenvalue weighted by molar-refractivity contribution is 0.0468. The van der Waals surface area contributed by atoms with E-state index in [9.17, 15) is 24.0 Å². The van der Waals surface area contributed by atoms with Crippen LogP contribution in [0.5, 0.6) is 0 Å². The number of rotatable bonds is 6. The molecule has 11 nitrogen and oxygen atoms in total. The molecule has 0 aliphatic rings. The van der Waals surface area contributed by atoms with Gasteiger partial charge < -0.3 is 10.5 Å². The highest BCUT2D eigenvalue weighted by atomic mass is 16.5. The molecular weight excluding hydrogens is 454 g/mol. The number of aryl methyl sites for hydroxylation is 1. The molecule has 2 aromatic carbocycles. The molecule has 2 N–H and O–H groups in total. The zero-order chi connectivity index (χ0) is 25.3. The molecule has 0 atom stereocenters. The van der Waals surface area contributed by atoms with Gasteiger partial charge in [-0.05, 0) is 11.6 Å². The van der Waals surface area contributed by atoms with Gasteiger partial charge in [0.25, 0.3) is 11.1 Å². The Hall–Kier alpha value is -4.80. The monoisotopic (exact) mass is 475 g/mol. The van der Waals surface area contributed by atoms with Crippen molar-refractivity contribution in [2.75, 3.05) is 12.3 Å². The number of Topliss-reactive ketones (excluding diaryl/α,β-unsaturated/α-hetero) is 1. The minimum Gasteiger partial charge on any atom is -0.452 e. The van der Waals surface area contributed by atoms with E-state index in [4.69, 9.17) is 10.5 Å². The molecule has 4 rings (SSSR count). The molecule has 178 valence electrons. The van der Waals surface area contributed by atoms with Crippen LogP contribution in [0.3, 0.4) is 0 Å². The summed E-state index contributed by atoms with van der Waals surface area (Å²) in [6.45, 7) is -0.783. The number of benzene rings is 2. The first-order valence-electron chi connectivity index (χ1n) is 10.5. The van der Waals surface area contributed by atoms with Crippen molar-refractivity contribution in [3.8, 4) is 0 Å². The van der Waals surface area contributed by atoms with Crippen LogP contribution >= 0.6 is 0 Å². The Bertz CT molecular complexity index is 1650. The molecule has 0 spiro atoms. The number of ketones is 1. The van der Waals surface area contributed by atoms with Gasteiger partial charge in [-0.25, -0.2) is 14.3 Å². The van der Waals surface area contributed by atoms with Crippen LogP contribution in [0, 0.1) is 0 Å². The maximum Gasteiger partial charge on any atom is 0.359 e. The molecule has 0 saturated heterocycles. The predicted octanol–water partition coefficient (Wildman–Crippen LogP) is 0.464. The maximum absolute atomic E-state index is 12.9. The molecule has 11 heteroatoms. The molecule has 35 heavy (non-hydrogen) atoms. The van der Waals surface area contributed by atoms with E-state index >= 15 is 0 Å². The van der Waals surface area contributed by atoms with Crippen LogP contribution < -0.4 is 22.5 Å². The fraction of sp³-hybridized carbons (Fsp3) is 0.167. The van der Waals surface area contributed by atoms with E-state index in [2.05, 4.69) is 5.10 Å².